The van der Waals surface area contributed by atoms with E-state index >= 15 is 0 Å². The third-order valence-electron chi connectivity index (χ3n) is 6.26. The summed E-state index contributed by atoms with van der Waals surface area (Å²) in [6, 6.07) is 10.6. The van der Waals surface area contributed by atoms with Gasteiger partial charge in [0, 0.05) is 18.7 Å². The molecule has 1 aliphatic rings. The van der Waals surface area contributed by atoms with E-state index in [1.54, 1.807) is 13.2 Å². The molecule has 0 fully saturated rings. The normalized spacial score (nSPS) is 17.0. The number of carboxylic acids is 1. The van der Waals surface area contributed by atoms with E-state index in [0.29, 0.717) is 11.3 Å². The largest absolute Gasteiger partial charge is 0.478 e. The zero-order chi connectivity index (χ0) is 22.1. The first kappa shape index (κ1) is 22.1. The van der Waals surface area contributed by atoms with E-state index in [2.05, 4.69) is 46.8 Å². The fourth-order valence-electron chi connectivity index (χ4n) is 4.29. The molecule has 0 bridgehead atoms. The fourth-order valence-corrected chi connectivity index (χ4v) is 4.29. The fraction of sp³-hybridized carbons (Fsp3) is 0.423. The lowest BCUT2D eigenvalue weighted by molar-refractivity contribution is -0.131. The molecule has 3 rings (SSSR count). The van der Waals surface area contributed by atoms with Crippen molar-refractivity contribution in [3.05, 3.63) is 58.7 Å². The van der Waals surface area contributed by atoms with Gasteiger partial charge in [-0.25, -0.2) is 4.79 Å². The molecule has 0 saturated carbocycles. The smallest absolute Gasteiger partial charge is 0.328 e. The van der Waals surface area contributed by atoms with E-state index in [0.717, 1.165) is 18.1 Å². The van der Waals surface area contributed by atoms with E-state index in [4.69, 9.17) is 14.6 Å². The van der Waals surface area contributed by atoms with Gasteiger partial charge in [0.15, 0.2) is 6.79 Å². The number of methoxy groups -OCH3 is 1. The van der Waals surface area contributed by atoms with Crippen LogP contribution in [0.25, 0.3) is 17.2 Å². The number of aryl methyl sites for hydroxylation is 1. The molecular weight excluding hydrogens is 376 g/mol. The van der Waals surface area contributed by atoms with Crippen LogP contribution in [0.4, 0.5) is 0 Å². The standard InChI is InChI=1S/C26H32O4/c1-17-13-21-22(26(4,5)12-11-25(21,2)3)15-20(17)18-7-9-23(30-16-29-6)19(14-18)8-10-24(27)28/h7-10,13-15H,11-12,16H2,1-6H3,(H,27,28). The Morgan fingerprint density at radius 3 is 2.30 bits per heavy atom. The van der Waals surface area contributed by atoms with Crippen molar-refractivity contribution in [3.8, 4) is 16.9 Å². The molecule has 30 heavy (non-hydrogen) atoms. The van der Waals surface area contributed by atoms with Gasteiger partial charge in [-0.2, -0.15) is 0 Å². The molecule has 0 atom stereocenters. The molecule has 0 unspecified atom stereocenters. The van der Waals surface area contributed by atoms with Gasteiger partial charge in [-0.3, -0.25) is 0 Å². The number of benzene rings is 2. The van der Waals surface area contributed by atoms with Crippen LogP contribution in [-0.2, 0) is 20.4 Å². The lowest BCUT2D eigenvalue weighted by Crippen LogP contribution is -2.34. The summed E-state index contributed by atoms with van der Waals surface area (Å²) >= 11 is 0. The molecule has 0 aliphatic heterocycles. The van der Waals surface area contributed by atoms with E-state index in [1.165, 1.54) is 28.7 Å². The second kappa shape index (κ2) is 8.27. The van der Waals surface area contributed by atoms with E-state index in [1.807, 2.05) is 18.2 Å². The second-order valence-corrected chi connectivity index (χ2v) is 9.46. The van der Waals surface area contributed by atoms with Crippen LogP contribution >= 0.6 is 0 Å². The predicted molar refractivity (Wildman–Crippen MR) is 121 cm³/mol. The summed E-state index contributed by atoms with van der Waals surface area (Å²) in [7, 11) is 1.56. The molecule has 2 aromatic carbocycles. The van der Waals surface area contributed by atoms with E-state index in [9.17, 15) is 4.79 Å². The van der Waals surface area contributed by atoms with Crippen LogP contribution in [0.15, 0.2) is 36.4 Å². The number of ether oxygens (including phenoxy) is 2. The molecule has 0 radical (unpaired) electrons. The van der Waals surface area contributed by atoms with Gasteiger partial charge in [-0.05, 0) is 76.6 Å². The van der Waals surface area contributed by atoms with Crippen LogP contribution < -0.4 is 4.74 Å². The minimum Gasteiger partial charge on any atom is -0.478 e. The second-order valence-electron chi connectivity index (χ2n) is 9.46. The molecule has 0 spiro atoms. The van der Waals surface area contributed by atoms with E-state index in [-0.39, 0.29) is 17.6 Å². The Morgan fingerprint density at radius 2 is 1.70 bits per heavy atom. The maximum Gasteiger partial charge on any atom is 0.328 e. The number of aliphatic carboxylic acids is 1. The Bertz CT molecular complexity index is 983. The van der Waals surface area contributed by atoms with Crippen molar-refractivity contribution in [2.75, 3.05) is 13.9 Å². The maximum absolute atomic E-state index is 11.0. The highest BCUT2D eigenvalue weighted by molar-refractivity contribution is 5.86. The Balaban J connectivity index is 2.13. The van der Waals surface area contributed by atoms with Crippen LogP contribution in [0.5, 0.6) is 5.75 Å². The van der Waals surface area contributed by atoms with Crippen LogP contribution in [0.1, 0.15) is 62.8 Å². The molecule has 0 aromatic heterocycles. The van der Waals surface area contributed by atoms with E-state index < -0.39 is 5.97 Å². The minimum absolute atomic E-state index is 0.106. The Morgan fingerprint density at radius 1 is 1.07 bits per heavy atom. The van der Waals surface area contributed by atoms with Gasteiger partial charge in [-0.1, -0.05) is 45.9 Å². The van der Waals surface area contributed by atoms with Crippen molar-refractivity contribution in [3.63, 3.8) is 0 Å². The minimum atomic E-state index is -0.993. The first-order valence-electron chi connectivity index (χ1n) is 10.4. The summed E-state index contributed by atoms with van der Waals surface area (Å²) in [4.78, 5) is 11.0. The van der Waals surface area contributed by atoms with Gasteiger partial charge in [0.25, 0.3) is 0 Å². The van der Waals surface area contributed by atoms with Crippen LogP contribution in [-0.4, -0.2) is 25.0 Å². The number of carboxylic acid groups (broad SMARTS) is 1. The van der Waals surface area contributed by atoms with Gasteiger partial charge in [0.2, 0.25) is 0 Å². The molecule has 0 heterocycles. The van der Waals surface area contributed by atoms with Crippen LogP contribution in [0.2, 0.25) is 0 Å². The van der Waals surface area contributed by atoms with Gasteiger partial charge in [-0.15, -0.1) is 0 Å². The quantitative estimate of drug-likeness (QED) is 0.464. The highest BCUT2D eigenvalue weighted by Gasteiger charge is 2.37. The summed E-state index contributed by atoms with van der Waals surface area (Å²) in [6.07, 6.45) is 5.04. The van der Waals surface area contributed by atoms with Crippen molar-refractivity contribution in [2.45, 2.75) is 58.3 Å². The van der Waals surface area contributed by atoms with Gasteiger partial charge in [0.05, 0.1) is 0 Å². The molecule has 1 aliphatic carbocycles. The first-order chi connectivity index (χ1) is 14.0. The van der Waals surface area contributed by atoms with Crippen molar-refractivity contribution >= 4 is 12.0 Å². The third kappa shape index (κ3) is 4.44. The van der Waals surface area contributed by atoms with Gasteiger partial charge in [0.1, 0.15) is 5.75 Å². The zero-order valence-corrected chi connectivity index (χ0v) is 18.8. The molecular formula is C26H32O4. The number of hydrogen-bond donors (Lipinski definition) is 1. The average Bonchev–Trinajstić information content (AvgIpc) is 2.68. The lowest BCUT2D eigenvalue weighted by Gasteiger charge is -2.42. The summed E-state index contributed by atoms with van der Waals surface area (Å²) in [6.45, 7) is 11.6. The van der Waals surface area contributed by atoms with Crippen LogP contribution in [0, 0.1) is 6.92 Å². The highest BCUT2D eigenvalue weighted by atomic mass is 16.7. The summed E-state index contributed by atoms with van der Waals surface area (Å²) in [5, 5.41) is 9.06. The Labute approximate surface area is 179 Å². The SMILES string of the molecule is COCOc1ccc(-c2cc3c(cc2C)C(C)(C)CCC3(C)C)cc1C=CC(=O)O. The predicted octanol–water partition coefficient (Wildman–Crippen LogP) is 6.09. The molecule has 160 valence electrons. The molecule has 0 amide bonds. The van der Waals surface area contributed by atoms with Gasteiger partial charge < -0.3 is 14.6 Å². The molecule has 4 nitrogen and oxygen atoms in total. The molecule has 4 heteroatoms. The topological polar surface area (TPSA) is 55.8 Å². The Hall–Kier alpha value is -2.59. The van der Waals surface area contributed by atoms with Crippen molar-refractivity contribution < 1.29 is 19.4 Å². The maximum atomic E-state index is 11.0. The summed E-state index contributed by atoms with van der Waals surface area (Å²) in [5.41, 5.74) is 7.28. The molecule has 0 saturated heterocycles. The van der Waals surface area contributed by atoms with Crippen molar-refractivity contribution in [1.82, 2.24) is 0 Å². The first-order valence-corrected chi connectivity index (χ1v) is 10.4. The van der Waals surface area contributed by atoms with Crippen LogP contribution in [0.3, 0.4) is 0 Å². The average molecular weight is 409 g/mol. The monoisotopic (exact) mass is 408 g/mol. The number of hydrogen-bond acceptors (Lipinski definition) is 3. The molecule has 2 aromatic rings. The number of fused-ring (bicyclic) bond motifs is 1. The summed E-state index contributed by atoms with van der Waals surface area (Å²) < 4.78 is 10.6. The number of rotatable bonds is 6. The lowest BCUT2D eigenvalue weighted by atomic mass is 9.62. The zero-order valence-electron chi connectivity index (χ0n) is 18.8. The highest BCUT2D eigenvalue weighted by Crippen LogP contribution is 2.47. The van der Waals surface area contributed by atoms with Crippen molar-refractivity contribution in [2.24, 2.45) is 0 Å². The molecule has 1 N–H and O–H groups in total. The summed E-state index contributed by atoms with van der Waals surface area (Å²) in [5.74, 6) is -0.401. The third-order valence-corrected chi connectivity index (χ3v) is 6.26. The van der Waals surface area contributed by atoms with Gasteiger partial charge >= 0.3 is 5.97 Å². The van der Waals surface area contributed by atoms with Crippen molar-refractivity contribution in [1.29, 1.82) is 0 Å². The number of carbonyl (C=O) groups is 1. The Kier molecular flexibility index (Phi) is 6.09.